The molecule has 0 atom stereocenters. The summed E-state index contributed by atoms with van der Waals surface area (Å²) >= 11 is 5.77. The molecule has 14 heavy (non-hydrogen) atoms. The molecule has 0 aromatic carbocycles. The molecule has 78 valence electrons. The number of Topliss-reactive ketones (excluding diaryl/α,β-unsaturated/α-hetero) is 1. The first-order chi connectivity index (χ1) is 6.43. The largest absolute Gasteiger partial charge is 0.296 e. The van der Waals surface area contributed by atoms with Crippen molar-refractivity contribution >= 4 is 17.4 Å². The number of aromatic nitrogens is 2. The SMILES string of the molecule is Cc1nn(C)c(Cl)c1CC(=O)C(F)F. The fraction of sp³-hybridized carbons (Fsp3) is 0.500. The van der Waals surface area contributed by atoms with Crippen LogP contribution >= 0.6 is 11.6 Å². The molecule has 0 amide bonds. The molecule has 0 radical (unpaired) electrons. The second kappa shape index (κ2) is 4.04. The Hall–Kier alpha value is -0.970. The summed E-state index contributed by atoms with van der Waals surface area (Å²) in [6.45, 7) is 1.62. The Morgan fingerprint density at radius 3 is 2.57 bits per heavy atom. The number of carbonyl (C=O) groups is 1. The van der Waals surface area contributed by atoms with Crippen molar-refractivity contribution < 1.29 is 13.6 Å². The summed E-state index contributed by atoms with van der Waals surface area (Å²) in [5, 5.41) is 4.14. The summed E-state index contributed by atoms with van der Waals surface area (Å²) in [6, 6.07) is 0. The number of hydrogen-bond donors (Lipinski definition) is 0. The standard InChI is InChI=1S/C8H9ClF2N2O/c1-4-5(3-6(14)8(10)11)7(9)13(2)12-4/h8H,3H2,1-2H3. The van der Waals surface area contributed by atoms with Crippen LogP contribution in [0.15, 0.2) is 0 Å². The van der Waals surface area contributed by atoms with Crippen LogP contribution in [-0.4, -0.2) is 22.0 Å². The van der Waals surface area contributed by atoms with Crippen LogP contribution in [0.1, 0.15) is 11.3 Å². The van der Waals surface area contributed by atoms with E-state index >= 15 is 0 Å². The van der Waals surface area contributed by atoms with Gasteiger partial charge < -0.3 is 0 Å². The third-order valence-electron chi connectivity index (χ3n) is 1.86. The number of rotatable bonds is 3. The first kappa shape index (κ1) is 11.1. The Labute approximate surface area is 84.7 Å². The highest BCUT2D eigenvalue weighted by Gasteiger charge is 2.20. The first-order valence-corrected chi connectivity index (χ1v) is 4.30. The van der Waals surface area contributed by atoms with Crippen LogP contribution in [-0.2, 0) is 18.3 Å². The third-order valence-corrected chi connectivity index (χ3v) is 2.34. The van der Waals surface area contributed by atoms with Gasteiger partial charge in [-0.1, -0.05) is 11.6 Å². The Morgan fingerprint density at radius 2 is 2.21 bits per heavy atom. The molecule has 0 N–H and O–H groups in total. The molecular formula is C8H9ClF2N2O. The summed E-state index contributed by atoms with van der Waals surface area (Å²) in [5.74, 6) is -1.14. The molecule has 0 saturated carbocycles. The van der Waals surface area contributed by atoms with Gasteiger partial charge in [0.15, 0.2) is 0 Å². The van der Waals surface area contributed by atoms with E-state index in [2.05, 4.69) is 5.10 Å². The monoisotopic (exact) mass is 222 g/mol. The number of hydrogen-bond acceptors (Lipinski definition) is 2. The highest BCUT2D eigenvalue weighted by Crippen LogP contribution is 2.20. The fourth-order valence-corrected chi connectivity index (χ4v) is 1.37. The van der Waals surface area contributed by atoms with E-state index in [1.165, 1.54) is 4.68 Å². The topological polar surface area (TPSA) is 34.9 Å². The molecule has 0 aliphatic carbocycles. The van der Waals surface area contributed by atoms with Crippen molar-refractivity contribution in [1.82, 2.24) is 9.78 Å². The minimum atomic E-state index is -2.95. The molecule has 6 heteroatoms. The average molecular weight is 223 g/mol. The van der Waals surface area contributed by atoms with Crippen LogP contribution in [0.3, 0.4) is 0 Å². The van der Waals surface area contributed by atoms with Crippen molar-refractivity contribution in [2.45, 2.75) is 19.8 Å². The molecule has 0 aliphatic rings. The van der Waals surface area contributed by atoms with Gasteiger partial charge in [0.1, 0.15) is 5.15 Å². The molecule has 1 heterocycles. The van der Waals surface area contributed by atoms with Gasteiger partial charge in [0.05, 0.1) is 5.69 Å². The van der Waals surface area contributed by atoms with Crippen molar-refractivity contribution in [3.05, 3.63) is 16.4 Å². The quantitative estimate of drug-likeness (QED) is 0.781. The number of aryl methyl sites for hydroxylation is 2. The number of nitrogens with zero attached hydrogens (tertiary/aromatic N) is 2. The highest BCUT2D eigenvalue weighted by molar-refractivity contribution is 6.30. The van der Waals surface area contributed by atoms with Crippen molar-refractivity contribution in [1.29, 1.82) is 0 Å². The highest BCUT2D eigenvalue weighted by atomic mass is 35.5. The van der Waals surface area contributed by atoms with E-state index in [0.29, 0.717) is 11.3 Å². The third kappa shape index (κ3) is 2.09. The molecule has 0 aliphatic heterocycles. The number of halogens is 3. The van der Waals surface area contributed by atoms with Gasteiger partial charge in [-0.3, -0.25) is 9.48 Å². The van der Waals surface area contributed by atoms with Crippen LogP contribution in [0.2, 0.25) is 5.15 Å². The molecular weight excluding hydrogens is 214 g/mol. The summed E-state index contributed by atoms with van der Waals surface area (Å²) < 4.78 is 25.3. The van der Waals surface area contributed by atoms with Gasteiger partial charge in [0.25, 0.3) is 6.43 Å². The summed E-state index contributed by atoms with van der Waals surface area (Å²) in [6.07, 6.45) is -3.32. The molecule has 0 fully saturated rings. The fourth-order valence-electron chi connectivity index (χ4n) is 1.13. The van der Waals surface area contributed by atoms with Gasteiger partial charge in [-0.25, -0.2) is 8.78 Å². The Balaban J connectivity index is 2.92. The van der Waals surface area contributed by atoms with Crippen LogP contribution in [0.5, 0.6) is 0 Å². The molecule has 0 spiro atoms. The lowest BCUT2D eigenvalue weighted by atomic mass is 10.1. The average Bonchev–Trinajstić information content (AvgIpc) is 2.32. The Bertz CT molecular complexity index is 362. The van der Waals surface area contributed by atoms with E-state index < -0.39 is 12.2 Å². The lowest BCUT2D eigenvalue weighted by Gasteiger charge is -1.99. The first-order valence-electron chi connectivity index (χ1n) is 3.92. The van der Waals surface area contributed by atoms with Crippen LogP contribution in [0, 0.1) is 6.92 Å². The lowest BCUT2D eigenvalue weighted by molar-refractivity contribution is -0.128. The van der Waals surface area contributed by atoms with Crippen molar-refractivity contribution in [2.24, 2.45) is 7.05 Å². The van der Waals surface area contributed by atoms with E-state index in [1.54, 1.807) is 14.0 Å². The molecule has 1 aromatic heterocycles. The number of ketones is 1. The van der Waals surface area contributed by atoms with Crippen LogP contribution < -0.4 is 0 Å². The smallest absolute Gasteiger partial charge is 0.293 e. The van der Waals surface area contributed by atoms with E-state index in [1.807, 2.05) is 0 Å². The van der Waals surface area contributed by atoms with Gasteiger partial charge in [-0.15, -0.1) is 0 Å². The van der Waals surface area contributed by atoms with E-state index in [-0.39, 0.29) is 11.6 Å². The zero-order valence-electron chi connectivity index (χ0n) is 7.72. The Morgan fingerprint density at radius 1 is 1.64 bits per heavy atom. The number of carbonyl (C=O) groups excluding carboxylic acids is 1. The summed E-state index contributed by atoms with van der Waals surface area (Å²) in [4.78, 5) is 10.8. The van der Waals surface area contributed by atoms with Gasteiger partial charge in [0.2, 0.25) is 5.78 Å². The van der Waals surface area contributed by atoms with Crippen LogP contribution in [0.4, 0.5) is 8.78 Å². The second-order valence-corrected chi connectivity index (χ2v) is 3.28. The second-order valence-electron chi connectivity index (χ2n) is 2.92. The van der Waals surface area contributed by atoms with Gasteiger partial charge in [-0.2, -0.15) is 5.10 Å². The van der Waals surface area contributed by atoms with Crippen LogP contribution in [0.25, 0.3) is 0 Å². The maximum atomic E-state index is 12.0. The van der Waals surface area contributed by atoms with Gasteiger partial charge >= 0.3 is 0 Å². The minimum Gasteiger partial charge on any atom is -0.293 e. The zero-order chi connectivity index (χ0) is 10.9. The van der Waals surface area contributed by atoms with Crippen molar-refractivity contribution in [3.63, 3.8) is 0 Å². The Kier molecular flexibility index (Phi) is 3.21. The molecule has 1 rings (SSSR count). The molecule has 1 aromatic rings. The maximum absolute atomic E-state index is 12.0. The van der Waals surface area contributed by atoms with E-state index in [0.717, 1.165) is 0 Å². The molecule has 0 unspecified atom stereocenters. The van der Waals surface area contributed by atoms with Gasteiger partial charge in [-0.05, 0) is 6.92 Å². The lowest BCUT2D eigenvalue weighted by Crippen LogP contribution is -2.13. The minimum absolute atomic E-state index is 0.233. The van der Waals surface area contributed by atoms with Crippen molar-refractivity contribution in [2.75, 3.05) is 0 Å². The maximum Gasteiger partial charge on any atom is 0.296 e. The molecule has 3 nitrogen and oxygen atoms in total. The normalized spacial score (nSPS) is 11.0. The summed E-state index contributed by atoms with van der Waals surface area (Å²) in [7, 11) is 1.59. The predicted molar refractivity (Wildman–Crippen MR) is 47.7 cm³/mol. The van der Waals surface area contributed by atoms with Gasteiger partial charge in [0, 0.05) is 19.0 Å². The zero-order valence-corrected chi connectivity index (χ0v) is 8.48. The van der Waals surface area contributed by atoms with Crippen molar-refractivity contribution in [3.8, 4) is 0 Å². The van der Waals surface area contributed by atoms with E-state index in [4.69, 9.17) is 11.6 Å². The molecule has 0 saturated heterocycles. The summed E-state index contributed by atoms with van der Waals surface area (Å²) in [5.41, 5.74) is 0.881. The van der Waals surface area contributed by atoms with E-state index in [9.17, 15) is 13.6 Å². The number of alkyl halides is 2. The molecule has 0 bridgehead atoms. The predicted octanol–water partition coefficient (Wildman–Crippen LogP) is 1.76.